The SMILES string of the molecule is FC(F)COCCNCCCCC1CCOCC1. The van der Waals surface area contributed by atoms with Crippen LogP contribution in [0.2, 0.25) is 0 Å². The summed E-state index contributed by atoms with van der Waals surface area (Å²) in [5.74, 6) is 0.841. The van der Waals surface area contributed by atoms with Gasteiger partial charge < -0.3 is 14.8 Å². The summed E-state index contributed by atoms with van der Waals surface area (Å²) in [5, 5.41) is 3.20. The van der Waals surface area contributed by atoms with Crippen molar-refractivity contribution < 1.29 is 18.3 Å². The maximum Gasteiger partial charge on any atom is 0.261 e. The molecule has 1 fully saturated rings. The van der Waals surface area contributed by atoms with Crippen LogP contribution in [0.5, 0.6) is 0 Å². The van der Waals surface area contributed by atoms with Crippen LogP contribution in [-0.2, 0) is 9.47 Å². The summed E-state index contributed by atoms with van der Waals surface area (Å²) in [6, 6.07) is 0. The summed E-state index contributed by atoms with van der Waals surface area (Å²) in [5.41, 5.74) is 0. The van der Waals surface area contributed by atoms with Crippen LogP contribution in [-0.4, -0.2) is 45.9 Å². The maximum absolute atomic E-state index is 11.7. The molecule has 0 spiro atoms. The van der Waals surface area contributed by atoms with Gasteiger partial charge in [0, 0.05) is 19.8 Å². The third kappa shape index (κ3) is 8.78. The number of rotatable bonds is 10. The lowest BCUT2D eigenvalue weighted by Crippen LogP contribution is -2.22. The van der Waals surface area contributed by atoms with E-state index >= 15 is 0 Å². The Labute approximate surface area is 108 Å². The van der Waals surface area contributed by atoms with E-state index in [9.17, 15) is 8.78 Å². The van der Waals surface area contributed by atoms with E-state index in [-0.39, 0.29) is 0 Å². The van der Waals surface area contributed by atoms with Gasteiger partial charge in [0.15, 0.2) is 0 Å². The Morgan fingerprint density at radius 3 is 2.67 bits per heavy atom. The summed E-state index contributed by atoms with van der Waals surface area (Å²) in [4.78, 5) is 0. The zero-order chi connectivity index (χ0) is 13.1. The van der Waals surface area contributed by atoms with Crippen LogP contribution in [0, 0.1) is 5.92 Å². The highest BCUT2D eigenvalue weighted by atomic mass is 19.3. The number of unbranched alkanes of at least 4 members (excludes halogenated alkanes) is 1. The summed E-state index contributed by atoms with van der Waals surface area (Å²) in [6.07, 6.45) is 3.71. The molecule has 18 heavy (non-hydrogen) atoms. The predicted octanol–water partition coefficient (Wildman–Crippen LogP) is 2.45. The van der Waals surface area contributed by atoms with Gasteiger partial charge in [0.05, 0.1) is 6.61 Å². The van der Waals surface area contributed by atoms with Gasteiger partial charge in [-0.3, -0.25) is 0 Å². The van der Waals surface area contributed by atoms with Gasteiger partial charge in [-0.2, -0.15) is 0 Å². The highest BCUT2D eigenvalue weighted by molar-refractivity contribution is 4.63. The van der Waals surface area contributed by atoms with Crippen LogP contribution in [0.1, 0.15) is 32.1 Å². The van der Waals surface area contributed by atoms with Crippen molar-refractivity contribution in [2.75, 3.05) is 39.5 Å². The first-order valence-electron chi connectivity index (χ1n) is 6.93. The molecule has 0 radical (unpaired) electrons. The second-order valence-corrected chi connectivity index (χ2v) is 4.77. The molecule has 3 nitrogen and oxygen atoms in total. The van der Waals surface area contributed by atoms with E-state index in [0.717, 1.165) is 32.1 Å². The van der Waals surface area contributed by atoms with Crippen LogP contribution in [0.3, 0.4) is 0 Å². The zero-order valence-corrected chi connectivity index (χ0v) is 11.0. The van der Waals surface area contributed by atoms with E-state index in [2.05, 4.69) is 5.32 Å². The molecule has 0 amide bonds. The molecule has 5 heteroatoms. The summed E-state index contributed by atoms with van der Waals surface area (Å²) >= 11 is 0. The molecule has 1 heterocycles. The fourth-order valence-electron chi connectivity index (χ4n) is 2.16. The van der Waals surface area contributed by atoms with Crippen LogP contribution < -0.4 is 5.32 Å². The normalized spacial score (nSPS) is 17.5. The predicted molar refractivity (Wildman–Crippen MR) is 67.1 cm³/mol. The maximum atomic E-state index is 11.7. The molecular formula is C13H25F2NO2. The summed E-state index contributed by atoms with van der Waals surface area (Å²) in [7, 11) is 0. The van der Waals surface area contributed by atoms with Gasteiger partial charge in [0.1, 0.15) is 6.61 Å². The Kier molecular flexibility index (Phi) is 9.34. The van der Waals surface area contributed by atoms with E-state index in [1.165, 1.54) is 25.7 Å². The highest BCUT2D eigenvalue weighted by Gasteiger charge is 2.12. The minimum absolute atomic E-state index is 0.365. The van der Waals surface area contributed by atoms with Crippen LogP contribution in [0.25, 0.3) is 0 Å². The average molecular weight is 265 g/mol. The largest absolute Gasteiger partial charge is 0.381 e. The Bertz CT molecular complexity index is 188. The van der Waals surface area contributed by atoms with Crippen LogP contribution in [0.15, 0.2) is 0 Å². The Morgan fingerprint density at radius 2 is 1.94 bits per heavy atom. The monoisotopic (exact) mass is 265 g/mol. The van der Waals surface area contributed by atoms with Gasteiger partial charge in [0.25, 0.3) is 6.43 Å². The molecule has 0 saturated carbocycles. The van der Waals surface area contributed by atoms with Crippen molar-refractivity contribution in [1.82, 2.24) is 5.32 Å². The standard InChI is InChI=1S/C13H25F2NO2/c14-13(15)11-18-10-7-16-6-2-1-3-12-4-8-17-9-5-12/h12-13,16H,1-11H2. The van der Waals surface area contributed by atoms with E-state index in [1.54, 1.807) is 0 Å². The third-order valence-electron chi connectivity index (χ3n) is 3.22. The van der Waals surface area contributed by atoms with Gasteiger partial charge in [-0.25, -0.2) is 8.78 Å². The van der Waals surface area contributed by atoms with Crippen molar-refractivity contribution in [1.29, 1.82) is 0 Å². The van der Waals surface area contributed by atoms with Gasteiger partial charge in [0.2, 0.25) is 0 Å². The van der Waals surface area contributed by atoms with Crippen LogP contribution >= 0.6 is 0 Å². The minimum atomic E-state index is -2.36. The van der Waals surface area contributed by atoms with Gasteiger partial charge >= 0.3 is 0 Å². The molecule has 1 rings (SSSR count). The Hall–Kier alpha value is -0.260. The van der Waals surface area contributed by atoms with Crippen LogP contribution in [0.4, 0.5) is 8.78 Å². The van der Waals surface area contributed by atoms with Gasteiger partial charge in [-0.15, -0.1) is 0 Å². The minimum Gasteiger partial charge on any atom is -0.381 e. The average Bonchev–Trinajstić information content (AvgIpc) is 2.37. The topological polar surface area (TPSA) is 30.5 Å². The molecule has 0 aromatic heterocycles. The smallest absolute Gasteiger partial charge is 0.261 e. The summed E-state index contributed by atoms with van der Waals surface area (Å²) in [6.45, 7) is 3.36. The molecule has 0 atom stereocenters. The lowest BCUT2D eigenvalue weighted by molar-refractivity contribution is 0.0188. The van der Waals surface area contributed by atoms with Crippen molar-refractivity contribution in [3.8, 4) is 0 Å². The second kappa shape index (κ2) is 10.6. The first-order chi connectivity index (χ1) is 8.79. The van der Waals surface area contributed by atoms with Crippen molar-refractivity contribution in [3.05, 3.63) is 0 Å². The first-order valence-corrected chi connectivity index (χ1v) is 6.93. The fourth-order valence-corrected chi connectivity index (χ4v) is 2.16. The second-order valence-electron chi connectivity index (χ2n) is 4.77. The lowest BCUT2D eigenvalue weighted by atomic mass is 9.94. The lowest BCUT2D eigenvalue weighted by Gasteiger charge is -2.21. The quantitative estimate of drug-likeness (QED) is 0.615. The highest BCUT2D eigenvalue weighted by Crippen LogP contribution is 2.20. The molecule has 0 bridgehead atoms. The van der Waals surface area contributed by atoms with E-state index < -0.39 is 13.0 Å². The number of ether oxygens (including phenoxy) is 2. The van der Waals surface area contributed by atoms with E-state index in [1.807, 2.05) is 0 Å². The third-order valence-corrected chi connectivity index (χ3v) is 3.22. The molecule has 0 unspecified atom stereocenters. The molecule has 0 aromatic rings. The van der Waals surface area contributed by atoms with Gasteiger partial charge in [-0.1, -0.05) is 12.8 Å². The first kappa shape index (κ1) is 15.8. The number of halogens is 2. The molecule has 1 N–H and O–H groups in total. The zero-order valence-electron chi connectivity index (χ0n) is 11.0. The van der Waals surface area contributed by atoms with Crippen molar-refractivity contribution >= 4 is 0 Å². The molecule has 1 aliphatic heterocycles. The van der Waals surface area contributed by atoms with Crippen molar-refractivity contribution in [3.63, 3.8) is 0 Å². The fraction of sp³-hybridized carbons (Fsp3) is 1.00. The summed E-state index contributed by atoms with van der Waals surface area (Å²) < 4.78 is 33.6. The molecule has 108 valence electrons. The molecule has 1 saturated heterocycles. The number of hydrogen-bond acceptors (Lipinski definition) is 3. The van der Waals surface area contributed by atoms with E-state index in [4.69, 9.17) is 9.47 Å². The van der Waals surface area contributed by atoms with Crippen molar-refractivity contribution in [2.24, 2.45) is 5.92 Å². The Balaban J connectivity index is 1.75. The number of nitrogens with one attached hydrogen (secondary N) is 1. The number of alkyl halides is 2. The molecule has 1 aliphatic rings. The molecule has 0 aromatic carbocycles. The Morgan fingerprint density at radius 1 is 1.17 bits per heavy atom. The number of hydrogen-bond donors (Lipinski definition) is 1. The van der Waals surface area contributed by atoms with Gasteiger partial charge in [-0.05, 0) is 31.7 Å². The van der Waals surface area contributed by atoms with E-state index in [0.29, 0.717) is 13.2 Å². The molecule has 0 aliphatic carbocycles. The van der Waals surface area contributed by atoms with Crippen molar-refractivity contribution in [2.45, 2.75) is 38.5 Å². The molecular weight excluding hydrogens is 240 g/mol.